The molecule has 0 heterocycles. The van der Waals surface area contributed by atoms with Gasteiger partial charge in [-0.1, -0.05) is 27.7 Å². The van der Waals surface area contributed by atoms with Crippen LogP contribution >= 0.6 is 0 Å². The van der Waals surface area contributed by atoms with Crippen LogP contribution in [-0.4, -0.2) is 22.3 Å². The highest BCUT2D eigenvalue weighted by Crippen LogP contribution is 2.68. The van der Waals surface area contributed by atoms with E-state index in [4.69, 9.17) is 5.11 Å². The van der Waals surface area contributed by atoms with E-state index < -0.39 is 5.97 Å². The van der Waals surface area contributed by atoms with Crippen molar-refractivity contribution in [2.45, 2.75) is 104 Å². The fraction of sp³-hybridized carbons (Fsp3) is 0.962. The first-order chi connectivity index (χ1) is 13.7. The number of aliphatic carboxylic acids is 1. The summed E-state index contributed by atoms with van der Waals surface area (Å²) in [5.41, 5.74) is 0.914. The molecule has 3 nitrogen and oxygen atoms in total. The predicted octanol–water partition coefficient (Wildman–Crippen LogP) is 6.14. The van der Waals surface area contributed by atoms with E-state index in [0.29, 0.717) is 29.1 Å². The summed E-state index contributed by atoms with van der Waals surface area (Å²) in [6, 6.07) is 0. The van der Waals surface area contributed by atoms with E-state index in [-0.39, 0.29) is 6.10 Å². The van der Waals surface area contributed by atoms with E-state index in [2.05, 4.69) is 27.7 Å². The van der Waals surface area contributed by atoms with E-state index in [1.165, 1.54) is 44.9 Å². The normalized spacial score (nSPS) is 48.9. The van der Waals surface area contributed by atoms with Crippen molar-refractivity contribution in [1.29, 1.82) is 0 Å². The molecule has 4 fully saturated rings. The summed E-state index contributed by atoms with van der Waals surface area (Å²) in [6.07, 6.45) is 12.6. The number of rotatable bonds is 5. The third kappa shape index (κ3) is 3.58. The molecular formula is C26H44O3. The molecule has 0 spiro atoms. The Kier molecular flexibility index (Phi) is 5.86. The van der Waals surface area contributed by atoms with Crippen molar-refractivity contribution in [3.05, 3.63) is 0 Å². The van der Waals surface area contributed by atoms with Gasteiger partial charge in [-0.15, -0.1) is 0 Å². The first kappa shape index (κ1) is 21.7. The summed E-state index contributed by atoms with van der Waals surface area (Å²) in [6.45, 7) is 9.88. The molecule has 4 aliphatic carbocycles. The Labute approximate surface area is 178 Å². The molecule has 0 bridgehead atoms. The molecule has 0 aromatic carbocycles. The van der Waals surface area contributed by atoms with Crippen molar-refractivity contribution in [3.8, 4) is 0 Å². The molecule has 0 aliphatic heterocycles. The quantitative estimate of drug-likeness (QED) is 0.578. The minimum atomic E-state index is -0.650. The molecular weight excluding hydrogens is 360 g/mol. The van der Waals surface area contributed by atoms with Crippen LogP contribution < -0.4 is 0 Å². The maximum Gasteiger partial charge on any atom is 0.303 e. The van der Waals surface area contributed by atoms with Crippen LogP contribution in [0.5, 0.6) is 0 Å². The average Bonchev–Trinajstić information content (AvgIpc) is 3.03. The standard InChI is InChI=1S/C26H44O3/c1-16(5-10-24(28)29)17(2)21-8-9-22-20-7-6-18-15-19(27)11-13-25(18,3)23(20)12-14-26(21,22)4/h16-23,27H,5-15H2,1-4H3,(H,28,29)/t16-,17-,18-,19-,20+,21-,22+,23+,25+,26-/m1/s1. The van der Waals surface area contributed by atoms with Gasteiger partial charge in [-0.25, -0.2) is 0 Å². The second-order valence-electron chi connectivity index (χ2n) is 12.1. The molecule has 4 rings (SSSR count). The second kappa shape index (κ2) is 7.84. The maximum absolute atomic E-state index is 11.0. The molecule has 0 radical (unpaired) electrons. The van der Waals surface area contributed by atoms with Crippen molar-refractivity contribution >= 4 is 5.97 Å². The zero-order valence-corrected chi connectivity index (χ0v) is 19.2. The van der Waals surface area contributed by atoms with E-state index in [9.17, 15) is 9.90 Å². The third-order valence-corrected chi connectivity index (χ3v) is 11.1. The minimum Gasteiger partial charge on any atom is -0.481 e. The Bertz CT molecular complexity index is 617. The van der Waals surface area contributed by atoms with Crippen LogP contribution in [0.1, 0.15) is 98.3 Å². The summed E-state index contributed by atoms with van der Waals surface area (Å²) in [4.78, 5) is 11.0. The summed E-state index contributed by atoms with van der Waals surface area (Å²) < 4.78 is 0. The van der Waals surface area contributed by atoms with E-state index in [1.54, 1.807) is 0 Å². The molecule has 3 heteroatoms. The highest BCUT2D eigenvalue weighted by molar-refractivity contribution is 5.66. The summed E-state index contributed by atoms with van der Waals surface area (Å²) in [5, 5.41) is 19.3. The van der Waals surface area contributed by atoms with Crippen LogP contribution in [0.25, 0.3) is 0 Å². The van der Waals surface area contributed by atoms with Gasteiger partial charge < -0.3 is 10.2 Å². The van der Waals surface area contributed by atoms with Crippen molar-refractivity contribution in [1.82, 2.24) is 0 Å². The SMILES string of the molecule is C[C@H]([C@H](C)CCC(=O)O)[C@H]1CC[C@H]2[C@@H]3CC[C@@H]4C[C@H](O)CC[C@]4(C)[C@H]3CC[C@]12C. The summed E-state index contributed by atoms with van der Waals surface area (Å²) >= 11 is 0. The number of aliphatic hydroxyl groups is 1. The van der Waals surface area contributed by atoms with Gasteiger partial charge in [0.2, 0.25) is 0 Å². The number of fused-ring (bicyclic) bond motifs is 5. The first-order valence-corrected chi connectivity index (χ1v) is 12.6. The van der Waals surface area contributed by atoms with Crippen molar-refractivity contribution in [2.24, 2.45) is 52.3 Å². The van der Waals surface area contributed by atoms with Crippen LogP contribution in [0.3, 0.4) is 0 Å². The Morgan fingerprint density at radius 1 is 0.966 bits per heavy atom. The van der Waals surface area contributed by atoms with Crippen molar-refractivity contribution in [3.63, 3.8) is 0 Å². The lowest BCUT2D eigenvalue weighted by atomic mass is 9.44. The van der Waals surface area contributed by atoms with Gasteiger partial charge in [0.1, 0.15) is 0 Å². The number of carboxylic acid groups (broad SMARTS) is 1. The molecule has 2 N–H and O–H groups in total. The van der Waals surface area contributed by atoms with Crippen molar-refractivity contribution < 1.29 is 15.0 Å². The van der Waals surface area contributed by atoms with Crippen molar-refractivity contribution in [2.75, 3.05) is 0 Å². The first-order valence-electron chi connectivity index (χ1n) is 12.6. The second-order valence-corrected chi connectivity index (χ2v) is 12.1. The summed E-state index contributed by atoms with van der Waals surface area (Å²) in [7, 11) is 0. The molecule has 4 saturated carbocycles. The van der Waals surface area contributed by atoms with Crippen LogP contribution in [0, 0.1) is 52.3 Å². The Morgan fingerprint density at radius 2 is 1.66 bits per heavy atom. The van der Waals surface area contributed by atoms with Gasteiger partial charge in [0, 0.05) is 6.42 Å². The highest BCUT2D eigenvalue weighted by atomic mass is 16.4. The lowest BCUT2D eigenvalue weighted by Gasteiger charge is -2.61. The van der Waals surface area contributed by atoms with Crippen LogP contribution in [0.15, 0.2) is 0 Å². The largest absolute Gasteiger partial charge is 0.481 e. The van der Waals surface area contributed by atoms with E-state index in [0.717, 1.165) is 48.9 Å². The molecule has 4 aliphatic rings. The molecule has 10 atom stereocenters. The van der Waals surface area contributed by atoms with Gasteiger partial charge >= 0.3 is 5.97 Å². The monoisotopic (exact) mass is 404 g/mol. The molecule has 0 amide bonds. The molecule has 0 unspecified atom stereocenters. The third-order valence-electron chi connectivity index (χ3n) is 11.1. The zero-order valence-electron chi connectivity index (χ0n) is 19.2. The number of carbonyl (C=O) groups is 1. The lowest BCUT2D eigenvalue weighted by Crippen LogP contribution is -2.54. The van der Waals surface area contributed by atoms with Crippen LogP contribution in [0.2, 0.25) is 0 Å². The maximum atomic E-state index is 11.0. The molecule has 0 aromatic rings. The van der Waals surface area contributed by atoms with Gasteiger partial charge in [-0.05, 0) is 116 Å². The van der Waals surface area contributed by atoms with Gasteiger partial charge in [0.15, 0.2) is 0 Å². The van der Waals surface area contributed by atoms with Gasteiger partial charge in [-0.2, -0.15) is 0 Å². The molecule has 166 valence electrons. The Balaban J connectivity index is 1.49. The fourth-order valence-corrected chi connectivity index (χ4v) is 9.15. The van der Waals surface area contributed by atoms with Crippen LogP contribution in [-0.2, 0) is 4.79 Å². The zero-order chi connectivity index (χ0) is 21.0. The van der Waals surface area contributed by atoms with Gasteiger partial charge in [0.25, 0.3) is 0 Å². The number of hydrogen-bond acceptors (Lipinski definition) is 2. The fourth-order valence-electron chi connectivity index (χ4n) is 9.15. The summed E-state index contributed by atoms with van der Waals surface area (Å²) in [5.74, 6) is 4.59. The Hall–Kier alpha value is -0.570. The number of aliphatic hydroxyl groups excluding tert-OH is 1. The topological polar surface area (TPSA) is 57.5 Å². The van der Waals surface area contributed by atoms with Crippen LogP contribution in [0.4, 0.5) is 0 Å². The van der Waals surface area contributed by atoms with Gasteiger partial charge in [-0.3, -0.25) is 4.79 Å². The lowest BCUT2D eigenvalue weighted by molar-refractivity contribution is -0.137. The molecule has 0 aromatic heterocycles. The Morgan fingerprint density at radius 3 is 2.38 bits per heavy atom. The average molecular weight is 405 g/mol. The van der Waals surface area contributed by atoms with E-state index >= 15 is 0 Å². The van der Waals surface area contributed by atoms with E-state index in [1.807, 2.05) is 0 Å². The number of carboxylic acids is 1. The molecule has 0 saturated heterocycles. The molecule has 29 heavy (non-hydrogen) atoms. The number of hydrogen-bond donors (Lipinski definition) is 2. The highest BCUT2D eigenvalue weighted by Gasteiger charge is 2.60. The minimum absolute atomic E-state index is 0.0533. The predicted molar refractivity (Wildman–Crippen MR) is 116 cm³/mol. The van der Waals surface area contributed by atoms with Gasteiger partial charge in [0.05, 0.1) is 6.10 Å². The smallest absolute Gasteiger partial charge is 0.303 e.